The Morgan fingerprint density at radius 1 is 1.06 bits per heavy atom. The molecule has 31 heavy (non-hydrogen) atoms. The van der Waals surface area contributed by atoms with Crippen molar-refractivity contribution in [3.8, 4) is 0 Å². The second-order valence-electron chi connectivity index (χ2n) is 7.81. The molecule has 2 rings (SSSR count). The molecule has 0 saturated heterocycles. The maximum absolute atomic E-state index is 13.2. The second-order valence-corrected chi connectivity index (χ2v) is 8.79. The summed E-state index contributed by atoms with van der Waals surface area (Å²) in [5.74, 6) is 0.423. The Kier molecular flexibility index (Phi) is 10.0. The quantitative estimate of drug-likeness (QED) is 0.525. The zero-order valence-electron chi connectivity index (χ0n) is 18.9. The van der Waals surface area contributed by atoms with Gasteiger partial charge in [-0.1, -0.05) is 50.2 Å². The van der Waals surface area contributed by atoms with Crippen LogP contribution in [0.25, 0.3) is 0 Å². The molecule has 6 heteroatoms. The van der Waals surface area contributed by atoms with Crippen LogP contribution in [-0.2, 0) is 21.9 Å². The number of aryl methyl sites for hydroxylation is 1. The smallest absolute Gasteiger partial charge is 0.243 e. The van der Waals surface area contributed by atoms with E-state index in [0.29, 0.717) is 18.7 Å². The summed E-state index contributed by atoms with van der Waals surface area (Å²) in [6, 6.07) is 13.8. The van der Waals surface area contributed by atoms with Crippen molar-refractivity contribution in [3.05, 3.63) is 71.0 Å². The fraction of sp³-hybridized carbons (Fsp3) is 0.440. The van der Waals surface area contributed by atoms with Gasteiger partial charge in [-0.05, 0) is 55.5 Å². The first-order chi connectivity index (χ1) is 14.8. The average Bonchev–Trinajstić information content (AvgIpc) is 2.76. The van der Waals surface area contributed by atoms with Gasteiger partial charge in [0.15, 0.2) is 0 Å². The number of carbonyl (C=O) groups excluding carboxylic acids is 2. The number of nitrogens with one attached hydrogen (secondary N) is 1. The van der Waals surface area contributed by atoms with E-state index in [0.717, 1.165) is 23.1 Å². The van der Waals surface area contributed by atoms with Crippen molar-refractivity contribution in [1.29, 1.82) is 0 Å². The third-order valence-electron chi connectivity index (χ3n) is 5.40. The maximum atomic E-state index is 13.2. The van der Waals surface area contributed by atoms with E-state index in [1.54, 1.807) is 17.0 Å². The van der Waals surface area contributed by atoms with Crippen LogP contribution < -0.4 is 5.32 Å². The molecule has 0 unspecified atom stereocenters. The molecule has 1 N–H and O–H groups in total. The molecule has 0 bridgehead atoms. The predicted octanol–water partition coefficient (Wildman–Crippen LogP) is 5.09. The van der Waals surface area contributed by atoms with Gasteiger partial charge in [0.1, 0.15) is 11.9 Å². The van der Waals surface area contributed by atoms with Gasteiger partial charge < -0.3 is 10.2 Å². The summed E-state index contributed by atoms with van der Waals surface area (Å²) in [7, 11) is 0. The summed E-state index contributed by atoms with van der Waals surface area (Å²) in [4.78, 5) is 27.9. The van der Waals surface area contributed by atoms with Gasteiger partial charge >= 0.3 is 0 Å². The van der Waals surface area contributed by atoms with Crippen LogP contribution in [0.3, 0.4) is 0 Å². The van der Waals surface area contributed by atoms with E-state index in [4.69, 9.17) is 0 Å². The fourth-order valence-corrected chi connectivity index (χ4v) is 4.12. The molecule has 0 aliphatic heterocycles. The lowest BCUT2D eigenvalue weighted by Gasteiger charge is -2.32. The number of hydrogen-bond donors (Lipinski definition) is 1. The summed E-state index contributed by atoms with van der Waals surface area (Å²) < 4.78 is 13.1. The Bertz CT molecular complexity index is 857. The van der Waals surface area contributed by atoms with Crippen molar-refractivity contribution in [3.63, 3.8) is 0 Å². The Morgan fingerprint density at radius 3 is 2.35 bits per heavy atom. The van der Waals surface area contributed by atoms with E-state index in [1.807, 2.05) is 52.0 Å². The monoisotopic (exact) mass is 444 g/mol. The molecule has 4 nitrogen and oxygen atoms in total. The highest BCUT2D eigenvalue weighted by atomic mass is 32.2. The van der Waals surface area contributed by atoms with Crippen LogP contribution in [0.15, 0.2) is 48.5 Å². The van der Waals surface area contributed by atoms with Crippen LogP contribution in [0, 0.1) is 12.7 Å². The van der Waals surface area contributed by atoms with Crippen LogP contribution in [0.4, 0.5) is 4.39 Å². The first-order valence-corrected chi connectivity index (χ1v) is 12.0. The number of nitrogens with zero attached hydrogens (tertiary/aromatic N) is 1. The zero-order valence-corrected chi connectivity index (χ0v) is 19.7. The number of amides is 2. The number of halogens is 1. The van der Waals surface area contributed by atoms with Crippen LogP contribution in [0.1, 0.15) is 50.3 Å². The van der Waals surface area contributed by atoms with Gasteiger partial charge in [-0.2, -0.15) is 0 Å². The standard InChI is InChI=1S/C25H33FN2O2S/c1-5-19(4)27-25(30)23(6-2)28(15-21-10-8-7-9-18(21)3)24(29)17-31-16-20-11-13-22(26)14-12-20/h7-14,19,23H,5-6,15-17H2,1-4H3,(H,27,30)/t19-,23+/m1/s1. The highest BCUT2D eigenvalue weighted by Gasteiger charge is 2.29. The van der Waals surface area contributed by atoms with E-state index in [9.17, 15) is 14.0 Å². The lowest BCUT2D eigenvalue weighted by molar-refractivity contribution is -0.139. The third-order valence-corrected chi connectivity index (χ3v) is 6.38. The van der Waals surface area contributed by atoms with E-state index in [1.165, 1.54) is 23.9 Å². The molecule has 2 aromatic rings. The molecular formula is C25H33FN2O2S. The average molecular weight is 445 g/mol. The normalized spacial score (nSPS) is 12.8. The van der Waals surface area contributed by atoms with Crippen molar-refractivity contribution in [1.82, 2.24) is 10.2 Å². The molecule has 2 amide bonds. The number of hydrogen-bond acceptors (Lipinski definition) is 3. The molecule has 2 atom stereocenters. The fourth-order valence-electron chi connectivity index (χ4n) is 3.25. The number of benzene rings is 2. The highest BCUT2D eigenvalue weighted by Crippen LogP contribution is 2.19. The van der Waals surface area contributed by atoms with Gasteiger partial charge in [-0.25, -0.2) is 4.39 Å². The summed E-state index contributed by atoms with van der Waals surface area (Å²) in [5, 5.41) is 3.03. The van der Waals surface area contributed by atoms with Crippen LogP contribution >= 0.6 is 11.8 Å². The predicted molar refractivity (Wildman–Crippen MR) is 126 cm³/mol. The molecule has 0 fully saturated rings. The molecule has 0 aliphatic rings. The van der Waals surface area contributed by atoms with Gasteiger partial charge in [-0.3, -0.25) is 9.59 Å². The largest absolute Gasteiger partial charge is 0.352 e. The summed E-state index contributed by atoms with van der Waals surface area (Å²) in [6.07, 6.45) is 1.38. The minimum atomic E-state index is -0.521. The second kappa shape index (κ2) is 12.5. The van der Waals surface area contributed by atoms with Crippen molar-refractivity contribution in [2.24, 2.45) is 0 Å². The third kappa shape index (κ3) is 7.69. The number of thioether (sulfide) groups is 1. The molecule has 168 valence electrons. The molecule has 0 saturated carbocycles. The topological polar surface area (TPSA) is 49.4 Å². The van der Waals surface area contributed by atoms with Crippen molar-refractivity contribution >= 4 is 23.6 Å². The van der Waals surface area contributed by atoms with Crippen molar-refractivity contribution in [2.45, 2.75) is 64.9 Å². The van der Waals surface area contributed by atoms with Gasteiger partial charge in [0, 0.05) is 18.3 Å². The lowest BCUT2D eigenvalue weighted by atomic mass is 10.1. The highest BCUT2D eigenvalue weighted by molar-refractivity contribution is 7.99. The molecular weight excluding hydrogens is 411 g/mol. The maximum Gasteiger partial charge on any atom is 0.243 e. The number of carbonyl (C=O) groups is 2. The zero-order chi connectivity index (χ0) is 22.8. The SMILES string of the molecule is CC[C@@H](C)NC(=O)[C@H](CC)N(Cc1ccccc1C)C(=O)CSCc1ccc(F)cc1. The van der Waals surface area contributed by atoms with E-state index < -0.39 is 6.04 Å². The summed E-state index contributed by atoms with van der Waals surface area (Å²) in [5.41, 5.74) is 3.09. The summed E-state index contributed by atoms with van der Waals surface area (Å²) >= 11 is 1.48. The van der Waals surface area contributed by atoms with Crippen molar-refractivity contribution in [2.75, 3.05) is 5.75 Å². The van der Waals surface area contributed by atoms with Crippen LogP contribution in [0.2, 0.25) is 0 Å². The van der Waals surface area contributed by atoms with Crippen LogP contribution in [0.5, 0.6) is 0 Å². The number of rotatable bonds is 11. The molecule has 2 aromatic carbocycles. The van der Waals surface area contributed by atoms with Gasteiger partial charge in [0.2, 0.25) is 11.8 Å². The Hall–Kier alpha value is -2.34. The van der Waals surface area contributed by atoms with Crippen molar-refractivity contribution < 1.29 is 14.0 Å². The molecule has 0 aliphatic carbocycles. The minimum Gasteiger partial charge on any atom is -0.352 e. The lowest BCUT2D eigenvalue weighted by Crippen LogP contribution is -2.51. The molecule has 0 radical (unpaired) electrons. The van der Waals surface area contributed by atoms with E-state index in [2.05, 4.69) is 5.32 Å². The van der Waals surface area contributed by atoms with Gasteiger partial charge in [-0.15, -0.1) is 11.8 Å². The van der Waals surface area contributed by atoms with E-state index >= 15 is 0 Å². The van der Waals surface area contributed by atoms with Crippen LogP contribution in [-0.4, -0.2) is 34.6 Å². The first-order valence-electron chi connectivity index (χ1n) is 10.8. The first kappa shape index (κ1) is 24.9. The molecule has 0 heterocycles. The van der Waals surface area contributed by atoms with Gasteiger partial charge in [0.25, 0.3) is 0 Å². The summed E-state index contributed by atoms with van der Waals surface area (Å²) in [6.45, 7) is 8.34. The minimum absolute atomic E-state index is 0.0600. The van der Waals surface area contributed by atoms with Gasteiger partial charge in [0.05, 0.1) is 5.75 Å². The molecule has 0 aromatic heterocycles. The Morgan fingerprint density at radius 2 is 1.74 bits per heavy atom. The Balaban J connectivity index is 2.14. The van der Waals surface area contributed by atoms with E-state index in [-0.39, 0.29) is 29.4 Å². The Labute approximate surface area is 189 Å². The molecule has 0 spiro atoms.